The fourth-order valence-electron chi connectivity index (χ4n) is 1.77. The first-order chi connectivity index (χ1) is 9.01. The van der Waals surface area contributed by atoms with Crippen LogP contribution in [0.15, 0.2) is 17.2 Å². The molecule has 0 aliphatic rings. The SMILES string of the molecule is CCc1cn(Cc2cn(C(C)C)c(=O)nc2N)nn1. The van der Waals surface area contributed by atoms with Gasteiger partial charge in [0.15, 0.2) is 0 Å². The van der Waals surface area contributed by atoms with Crippen molar-refractivity contribution in [3.63, 3.8) is 0 Å². The summed E-state index contributed by atoms with van der Waals surface area (Å²) >= 11 is 0. The van der Waals surface area contributed by atoms with Crippen LogP contribution in [-0.2, 0) is 13.0 Å². The van der Waals surface area contributed by atoms with Crippen molar-refractivity contribution < 1.29 is 0 Å². The molecule has 0 saturated heterocycles. The number of hydrogen-bond acceptors (Lipinski definition) is 5. The van der Waals surface area contributed by atoms with Crippen molar-refractivity contribution in [2.45, 2.75) is 39.8 Å². The highest BCUT2D eigenvalue weighted by molar-refractivity contribution is 5.36. The number of nitrogens with zero attached hydrogens (tertiary/aromatic N) is 5. The van der Waals surface area contributed by atoms with E-state index in [-0.39, 0.29) is 17.5 Å². The van der Waals surface area contributed by atoms with E-state index in [0.29, 0.717) is 6.54 Å². The van der Waals surface area contributed by atoms with E-state index in [2.05, 4.69) is 15.3 Å². The maximum absolute atomic E-state index is 11.7. The van der Waals surface area contributed by atoms with Gasteiger partial charge in [0.05, 0.1) is 12.2 Å². The van der Waals surface area contributed by atoms with Crippen LogP contribution < -0.4 is 11.4 Å². The van der Waals surface area contributed by atoms with Crippen LogP contribution in [-0.4, -0.2) is 24.5 Å². The van der Waals surface area contributed by atoms with E-state index in [1.54, 1.807) is 15.4 Å². The number of rotatable bonds is 4. The molecule has 0 fully saturated rings. The molecule has 7 nitrogen and oxygen atoms in total. The lowest BCUT2D eigenvalue weighted by Crippen LogP contribution is -2.26. The van der Waals surface area contributed by atoms with Crippen molar-refractivity contribution in [1.82, 2.24) is 24.5 Å². The second-order valence-electron chi connectivity index (χ2n) is 4.70. The standard InChI is InChI=1S/C12H18N6O/c1-4-10-7-17(16-15-10)5-9-6-18(8(2)3)12(19)14-11(9)13/h6-8H,4-5H2,1-3H3,(H2,13,14,19). The highest BCUT2D eigenvalue weighted by atomic mass is 16.1. The summed E-state index contributed by atoms with van der Waals surface area (Å²) in [7, 11) is 0. The number of hydrogen-bond donors (Lipinski definition) is 1. The van der Waals surface area contributed by atoms with Gasteiger partial charge in [0.2, 0.25) is 0 Å². The second-order valence-corrected chi connectivity index (χ2v) is 4.70. The summed E-state index contributed by atoms with van der Waals surface area (Å²) in [6, 6.07) is 0.0429. The Morgan fingerprint density at radius 3 is 2.68 bits per heavy atom. The van der Waals surface area contributed by atoms with Gasteiger partial charge in [0, 0.05) is 24.0 Å². The summed E-state index contributed by atoms with van der Waals surface area (Å²) in [5.41, 5.74) is 7.15. The summed E-state index contributed by atoms with van der Waals surface area (Å²) in [5, 5.41) is 8.04. The first-order valence-electron chi connectivity index (χ1n) is 6.27. The number of aromatic nitrogens is 5. The van der Waals surface area contributed by atoms with E-state index < -0.39 is 0 Å². The molecule has 102 valence electrons. The smallest absolute Gasteiger partial charge is 0.349 e. The van der Waals surface area contributed by atoms with Gasteiger partial charge in [0.1, 0.15) is 5.82 Å². The van der Waals surface area contributed by atoms with Gasteiger partial charge in [-0.3, -0.25) is 4.57 Å². The molecule has 19 heavy (non-hydrogen) atoms. The molecular weight excluding hydrogens is 244 g/mol. The van der Waals surface area contributed by atoms with Gasteiger partial charge in [-0.15, -0.1) is 5.10 Å². The predicted molar refractivity (Wildman–Crippen MR) is 71.8 cm³/mol. The molecule has 2 aromatic heterocycles. The highest BCUT2D eigenvalue weighted by Gasteiger charge is 2.09. The lowest BCUT2D eigenvalue weighted by atomic mass is 10.3. The van der Waals surface area contributed by atoms with Crippen LogP contribution in [0.4, 0.5) is 5.82 Å². The molecule has 2 rings (SSSR count). The third kappa shape index (κ3) is 2.81. The van der Waals surface area contributed by atoms with Gasteiger partial charge in [-0.25, -0.2) is 9.48 Å². The van der Waals surface area contributed by atoms with Crippen LogP contribution >= 0.6 is 0 Å². The Balaban J connectivity index is 2.34. The van der Waals surface area contributed by atoms with E-state index >= 15 is 0 Å². The molecule has 0 aliphatic heterocycles. The minimum Gasteiger partial charge on any atom is -0.383 e. The molecule has 0 saturated carbocycles. The Morgan fingerprint density at radius 1 is 1.37 bits per heavy atom. The highest BCUT2D eigenvalue weighted by Crippen LogP contribution is 2.10. The van der Waals surface area contributed by atoms with Crippen LogP contribution in [0.25, 0.3) is 0 Å². The molecule has 0 radical (unpaired) electrons. The maximum Gasteiger partial charge on any atom is 0.349 e. The minimum atomic E-state index is -0.330. The molecule has 7 heteroatoms. The zero-order chi connectivity index (χ0) is 14.0. The Kier molecular flexibility index (Phi) is 3.64. The topological polar surface area (TPSA) is 91.6 Å². The van der Waals surface area contributed by atoms with Crippen LogP contribution in [0.2, 0.25) is 0 Å². The minimum absolute atomic E-state index is 0.0429. The van der Waals surface area contributed by atoms with Crippen LogP contribution in [0.5, 0.6) is 0 Å². The monoisotopic (exact) mass is 262 g/mol. The van der Waals surface area contributed by atoms with Crippen molar-refractivity contribution in [1.29, 1.82) is 0 Å². The summed E-state index contributed by atoms with van der Waals surface area (Å²) in [6.07, 6.45) is 4.44. The van der Waals surface area contributed by atoms with Crippen molar-refractivity contribution in [2.24, 2.45) is 0 Å². The third-order valence-corrected chi connectivity index (χ3v) is 2.90. The van der Waals surface area contributed by atoms with Gasteiger partial charge in [-0.05, 0) is 20.3 Å². The number of anilines is 1. The lowest BCUT2D eigenvalue weighted by Gasteiger charge is -2.12. The van der Waals surface area contributed by atoms with Gasteiger partial charge in [0.25, 0.3) is 0 Å². The molecule has 2 aromatic rings. The predicted octanol–water partition coefficient (Wildman–Crippen LogP) is 0.609. The van der Waals surface area contributed by atoms with Gasteiger partial charge < -0.3 is 5.73 Å². The first kappa shape index (κ1) is 13.3. The van der Waals surface area contributed by atoms with Crippen molar-refractivity contribution >= 4 is 5.82 Å². The van der Waals surface area contributed by atoms with Gasteiger partial charge >= 0.3 is 5.69 Å². The second kappa shape index (κ2) is 5.21. The number of nitrogens with two attached hydrogens (primary N) is 1. The first-order valence-corrected chi connectivity index (χ1v) is 6.27. The van der Waals surface area contributed by atoms with Gasteiger partial charge in [-0.1, -0.05) is 12.1 Å². The average molecular weight is 262 g/mol. The largest absolute Gasteiger partial charge is 0.383 e. The Hall–Kier alpha value is -2.18. The lowest BCUT2D eigenvalue weighted by molar-refractivity contribution is 0.553. The Morgan fingerprint density at radius 2 is 2.11 bits per heavy atom. The molecule has 0 bridgehead atoms. The van der Waals surface area contributed by atoms with E-state index in [0.717, 1.165) is 17.7 Å². The zero-order valence-corrected chi connectivity index (χ0v) is 11.4. The number of aryl methyl sites for hydroxylation is 1. The van der Waals surface area contributed by atoms with E-state index in [1.165, 1.54) is 0 Å². The molecule has 2 heterocycles. The molecule has 2 N–H and O–H groups in total. The van der Waals surface area contributed by atoms with Crippen molar-refractivity contribution in [3.8, 4) is 0 Å². The van der Waals surface area contributed by atoms with E-state index in [9.17, 15) is 4.79 Å². The quantitative estimate of drug-likeness (QED) is 0.871. The summed E-state index contributed by atoms with van der Waals surface area (Å²) in [4.78, 5) is 15.5. The molecule has 0 spiro atoms. The summed E-state index contributed by atoms with van der Waals surface area (Å²) in [6.45, 7) is 6.32. The van der Waals surface area contributed by atoms with E-state index in [1.807, 2.05) is 27.0 Å². The molecule has 0 atom stereocenters. The fraction of sp³-hybridized carbons (Fsp3) is 0.500. The molecule has 0 aromatic carbocycles. The Labute approximate surface area is 111 Å². The average Bonchev–Trinajstić information content (AvgIpc) is 2.80. The third-order valence-electron chi connectivity index (χ3n) is 2.90. The van der Waals surface area contributed by atoms with Crippen LogP contribution in [0, 0.1) is 0 Å². The fourth-order valence-corrected chi connectivity index (χ4v) is 1.77. The van der Waals surface area contributed by atoms with Crippen molar-refractivity contribution in [2.75, 3.05) is 5.73 Å². The van der Waals surface area contributed by atoms with Crippen LogP contribution in [0.1, 0.15) is 38.1 Å². The van der Waals surface area contributed by atoms with Crippen molar-refractivity contribution in [3.05, 3.63) is 34.1 Å². The van der Waals surface area contributed by atoms with Crippen LogP contribution in [0.3, 0.4) is 0 Å². The maximum atomic E-state index is 11.7. The molecular formula is C12H18N6O. The van der Waals surface area contributed by atoms with Gasteiger partial charge in [-0.2, -0.15) is 4.98 Å². The summed E-state index contributed by atoms with van der Waals surface area (Å²) < 4.78 is 3.25. The molecule has 0 amide bonds. The normalized spacial score (nSPS) is 11.2. The zero-order valence-electron chi connectivity index (χ0n) is 11.4. The number of nitrogen functional groups attached to an aromatic ring is 1. The summed E-state index contributed by atoms with van der Waals surface area (Å²) in [5.74, 6) is 0.246. The molecule has 0 aliphatic carbocycles. The Bertz CT molecular complexity index is 627. The molecule has 0 unspecified atom stereocenters. The van der Waals surface area contributed by atoms with E-state index in [4.69, 9.17) is 5.73 Å².